The number of rotatable bonds is 7. The summed E-state index contributed by atoms with van der Waals surface area (Å²) < 4.78 is 9.53. The molecule has 1 amide bonds. The molecule has 1 N–H and O–H groups in total. The van der Waals surface area contributed by atoms with E-state index in [0.717, 1.165) is 25.7 Å². The summed E-state index contributed by atoms with van der Waals surface area (Å²) in [6.45, 7) is 0.618. The van der Waals surface area contributed by atoms with E-state index in [2.05, 4.69) is 22.2 Å². The van der Waals surface area contributed by atoms with Gasteiger partial charge in [-0.15, -0.1) is 0 Å². The summed E-state index contributed by atoms with van der Waals surface area (Å²) in [4.78, 5) is 22.1. The van der Waals surface area contributed by atoms with E-state index in [9.17, 15) is 9.59 Å². The van der Waals surface area contributed by atoms with Crippen LogP contribution in [0.5, 0.6) is 0 Å². The van der Waals surface area contributed by atoms with Crippen LogP contribution in [-0.2, 0) is 20.7 Å². The highest BCUT2D eigenvalue weighted by Gasteiger charge is 2.32. The van der Waals surface area contributed by atoms with E-state index in [1.807, 2.05) is 18.2 Å². The predicted molar refractivity (Wildman–Crippen MR) is 73.2 cm³/mol. The molecule has 2 rings (SSSR count). The van der Waals surface area contributed by atoms with Crippen LogP contribution in [0.1, 0.15) is 24.8 Å². The molecular formula is C15H19NO4. The lowest BCUT2D eigenvalue weighted by Gasteiger charge is -2.24. The lowest BCUT2D eigenvalue weighted by Crippen LogP contribution is -2.53. The number of carbonyl (C=O) groups is 2. The molecule has 5 heteroatoms. The molecule has 0 spiro atoms. The topological polar surface area (TPSA) is 64.6 Å². The van der Waals surface area contributed by atoms with Crippen LogP contribution in [0.2, 0.25) is 0 Å². The maximum atomic E-state index is 11.3. The number of alkyl carbamates (subject to hydrolysis) is 1. The number of nitrogens with one attached hydrogen (secondary N) is 1. The van der Waals surface area contributed by atoms with E-state index < -0.39 is 18.1 Å². The fraction of sp³-hybridized carbons (Fsp3) is 0.467. The molecule has 1 aromatic rings. The smallest absolute Gasteiger partial charge is 0.407 e. The van der Waals surface area contributed by atoms with Crippen molar-refractivity contribution in [3.05, 3.63) is 35.9 Å². The molecule has 0 aromatic heterocycles. The average molecular weight is 277 g/mol. The maximum Gasteiger partial charge on any atom is 0.407 e. The molecule has 108 valence electrons. The number of hydrogen-bond donors (Lipinski definition) is 1. The molecule has 0 aliphatic carbocycles. The van der Waals surface area contributed by atoms with Crippen LogP contribution < -0.4 is 5.32 Å². The van der Waals surface area contributed by atoms with Crippen molar-refractivity contribution >= 4 is 12.1 Å². The maximum absolute atomic E-state index is 11.3. The van der Waals surface area contributed by atoms with Crippen molar-refractivity contribution in [2.24, 2.45) is 0 Å². The van der Waals surface area contributed by atoms with Crippen LogP contribution in [0.4, 0.5) is 4.79 Å². The van der Waals surface area contributed by atoms with Crippen LogP contribution in [0.25, 0.3) is 0 Å². The lowest BCUT2D eigenvalue weighted by atomic mass is 10.1. The normalized spacial score (nSPS) is 17.0. The largest absolute Gasteiger partial charge is 0.461 e. The molecular weight excluding hydrogens is 258 g/mol. The molecule has 1 atom stereocenters. The van der Waals surface area contributed by atoms with Gasteiger partial charge < -0.3 is 14.8 Å². The number of esters is 1. The zero-order valence-electron chi connectivity index (χ0n) is 11.3. The Labute approximate surface area is 118 Å². The molecule has 20 heavy (non-hydrogen) atoms. The quantitative estimate of drug-likeness (QED) is 0.612. The van der Waals surface area contributed by atoms with Crippen molar-refractivity contribution < 1.29 is 19.1 Å². The van der Waals surface area contributed by atoms with Crippen LogP contribution in [-0.4, -0.2) is 31.3 Å². The molecule has 1 aliphatic heterocycles. The van der Waals surface area contributed by atoms with Gasteiger partial charge in [-0.2, -0.15) is 0 Å². The first-order chi connectivity index (χ1) is 9.75. The van der Waals surface area contributed by atoms with E-state index in [1.165, 1.54) is 5.56 Å². The molecule has 1 fully saturated rings. The van der Waals surface area contributed by atoms with E-state index in [0.29, 0.717) is 6.61 Å². The Hall–Kier alpha value is -2.04. The Balaban J connectivity index is 1.47. The highest BCUT2D eigenvalue weighted by atomic mass is 16.6. The number of carbonyl (C=O) groups excluding carboxylic acids is 2. The van der Waals surface area contributed by atoms with Gasteiger partial charge in [0.2, 0.25) is 0 Å². The van der Waals surface area contributed by atoms with E-state index >= 15 is 0 Å². The van der Waals surface area contributed by atoms with Gasteiger partial charge in [0.15, 0.2) is 6.04 Å². The lowest BCUT2D eigenvalue weighted by molar-refractivity contribution is -0.162. The van der Waals surface area contributed by atoms with E-state index in [4.69, 9.17) is 4.74 Å². The zero-order chi connectivity index (χ0) is 14.2. The Morgan fingerprint density at radius 1 is 1.25 bits per heavy atom. The summed E-state index contributed by atoms with van der Waals surface area (Å²) in [5, 5.41) is 2.45. The highest BCUT2D eigenvalue weighted by molar-refractivity contribution is 5.85. The second-order valence-electron chi connectivity index (χ2n) is 4.76. The zero-order valence-corrected chi connectivity index (χ0v) is 11.3. The second-order valence-corrected chi connectivity index (χ2v) is 4.76. The minimum absolute atomic E-state index is 0.241. The Kier molecular flexibility index (Phi) is 5.41. The van der Waals surface area contributed by atoms with Crippen molar-refractivity contribution in [2.45, 2.75) is 31.7 Å². The highest BCUT2D eigenvalue weighted by Crippen LogP contribution is 2.06. The van der Waals surface area contributed by atoms with Gasteiger partial charge in [-0.25, -0.2) is 9.59 Å². The van der Waals surface area contributed by atoms with Crippen molar-refractivity contribution in [1.29, 1.82) is 0 Å². The van der Waals surface area contributed by atoms with Gasteiger partial charge in [-0.05, 0) is 31.2 Å². The number of aryl methyl sites for hydroxylation is 1. The molecule has 5 nitrogen and oxygen atoms in total. The third kappa shape index (κ3) is 4.57. The first-order valence-corrected chi connectivity index (χ1v) is 6.89. The fourth-order valence-corrected chi connectivity index (χ4v) is 1.94. The molecule has 0 radical (unpaired) electrons. The number of ether oxygens (including phenoxy) is 2. The Morgan fingerprint density at radius 3 is 2.70 bits per heavy atom. The first kappa shape index (κ1) is 14.4. The van der Waals surface area contributed by atoms with Gasteiger partial charge >= 0.3 is 12.1 Å². The van der Waals surface area contributed by atoms with Gasteiger partial charge in [-0.3, -0.25) is 0 Å². The third-order valence-corrected chi connectivity index (χ3v) is 3.15. The van der Waals surface area contributed by atoms with Gasteiger partial charge in [0.05, 0.1) is 6.61 Å². The number of benzene rings is 1. The van der Waals surface area contributed by atoms with Gasteiger partial charge in [0, 0.05) is 0 Å². The predicted octanol–water partition coefficient (Wildman–Crippen LogP) is 2.05. The standard InChI is InChI=1S/C15H19NO4/c17-14-13(11-20-14)16-15(18)19-10-6-2-5-9-12-7-3-1-4-8-12/h1,3-4,7-8,13H,2,5-6,9-11H2,(H,16,18). The number of amides is 1. The summed E-state index contributed by atoms with van der Waals surface area (Å²) in [6.07, 6.45) is 3.41. The van der Waals surface area contributed by atoms with E-state index in [-0.39, 0.29) is 6.61 Å². The van der Waals surface area contributed by atoms with Crippen LogP contribution >= 0.6 is 0 Å². The van der Waals surface area contributed by atoms with Gasteiger partial charge in [0.25, 0.3) is 0 Å². The summed E-state index contributed by atoms with van der Waals surface area (Å²) >= 11 is 0. The third-order valence-electron chi connectivity index (χ3n) is 3.15. The molecule has 1 saturated heterocycles. The van der Waals surface area contributed by atoms with Crippen molar-refractivity contribution in [3.63, 3.8) is 0 Å². The number of hydrogen-bond acceptors (Lipinski definition) is 4. The van der Waals surface area contributed by atoms with Gasteiger partial charge in [0.1, 0.15) is 6.61 Å². The summed E-state index contributed by atoms with van der Waals surface area (Å²) in [6, 6.07) is 9.78. The molecule has 1 aromatic carbocycles. The molecule has 0 saturated carbocycles. The minimum atomic E-state index is -0.547. The summed E-state index contributed by atoms with van der Waals surface area (Å²) in [7, 11) is 0. The van der Waals surface area contributed by atoms with Crippen molar-refractivity contribution in [3.8, 4) is 0 Å². The monoisotopic (exact) mass is 277 g/mol. The number of unbranched alkanes of at least 4 members (excludes halogenated alkanes) is 2. The SMILES string of the molecule is O=C(NC1COC1=O)OCCCCCc1ccccc1. The second kappa shape index (κ2) is 7.53. The van der Waals surface area contributed by atoms with Gasteiger partial charge in [-0.1, -0.05) is 30.3 Å². The molecule has 1 aliphatic rings. The van der Waals surface area contributed by atoms with E-state index in [1.54, 1.807) is 0 Å². The van der Waals surface area contributed by atoms with Crippen LogP contribution in [0.3, 0.4) is 0 Å². The average Bonchev–Trinajstić information content (AvgIpc) is 2.48. The number of cyclic esters (lactones) is 1. The van der Waals surface area contributed by atoms with Crippen molar-refractivity contribution in [1.82, 2.24) is 5.32 Å². The van der Waals surface area contributed by atoms with Crippen LogP contribution in [0, 0.1) is 0 Å². The molecule has 1 heterocycles. The molecule has 1 unspecified atom stereocenters. The Morgan fingerprint density at radius 2 is 2.05 bits per heavy atom. The fourth-order valence-electron chi connectivity index (χ4n) is 1.94. The molecule has 0 bridgehead atoms. The minimum Gasteiger partial charge on any atom is -0.461 e. The summed E-state index contributed by atoms with van der Waals surface area (Å²) in [5.41, 5.74) is 1.33. The first-order valence-electron chi connectivity index (χ1n) is 6.89. The van der Waals surface area contributed by atoms with Crippen LogP contribution in [0.15, 0.2) is 30.3 Å². The Bertz CT molecular complexity index is 446. The summed E-state index contributed by atoms with van der Waals surface area (Å²) in [5.74, 6) is -0.398. The van der Waals surface area contributed by atoms with Crippen molar-refractivity contribution in [2.75, 3.05) is 13.2 Å².